The van der Waals surface area contributed by atoms with E-state index in [0.29, 0.717) is 11.6 Å². The first-order chi connectivity index (χ1) is 21.4. The van der Waals surface area contributed by atoms with Crippen molar-refractivity contribution < 1.29 is 52.2 Å². The predicted molar refractivity (Wildman–Crippen MR) is 156 cm³/mol. The molecule has 2 heterocycles. The van der Waals surface area contributed by atoms with Crippen LogP contribution >= 0.6 is 11.6 Å². The third-order valence-corrected chi connectivity index (χ3v) is 7.05. The normalized spacial score (nSPS) is 15.8. The number of halogens is 4. The molecule has 2 aromatic carbocycles. The average molecular weight is 667 g/mol. The number of amides is 1. The Morgan fingerprint density at radius 2 is 1.76 bits per heavy atom. The number of carbonyl (C=O) groups excluding carboxylic acids is 1. The molecule has 1 unspecified atom stereocenters. The smallest absolute Gasteiger partial charge is 0.416 e. The third kappa shape index (κ3) is 7.94. The van der Waals surface area contributed by atoms with Gasteiger partial charge in [-0.2, -0.15) is 13.2 Å². The summed E-state index contributed by atoms with van der Waals surface area (Å²) >= 11 is 5.72. The maximum Gasteiger partial charge on any atom is 0.416 e. The number of nitro groups is 1. The molecule has 3 aromatic rings. The van der Waals surface area contributed by atoms with Crippen molar-refractivity contribution >= 4 is 41.0 Å². The fraction of sp³-hybridized carbons (Fsp3) is 0.276. The summed E-state index contributed by atoms with van der Waals surface area (Å²) in [4.78, 5) is 53.1. The van der Waals surface area contributed by atoms with Gasteiger partial charge in [0.05, 0.1) is 27.7 Å². The van der Waals surface area contributed by atoms with Gasteiger partial charge in [0, 0.05) is 25.4 Å². The van der Waals surface area contributed by atoms with E-state index in [1.165, 1.54) is 19.4 Å². The van der Waals surface area contributed by atoms with Gasteiger partial charge < -0.3 is 25.0 Å². The maximum absolute atomic E-state index is 12.6. The summed E-state index contributed by atoms with van der Waals surface area (Å²) < 4.78 is 47.9. The second-order valence-corrected chi connectivity index (χ2v) is 10.6. The minimum absolute atomic E-state index is 0.0124. The summed E-state index contributed by atoms with van der Waals surface area (Å²) in [5.41, 5.74) is -2.38. The molecule has 1 amide bonds. The van der Waals surface area contributed by atoms with Gasteiger partial charge in [0.25, 0.3) is 11.6 Å². The van der Waals surface area contributed by atoms with Gasteiger partial charge in [-0.05, 0) is 48.7 Å². The van der Waals surface area contributed by atoms with Gasteiger partial charge in [0.15, 0.2) is 5.84 Å². The number of hydrogen-bond donors (Lipinski definition) is 3. The first-order valence-corrected chi connectivity index (χ1v) is 13.5. The number of nitro benzene ring substituents is 1. The molecule has 1 atom stereocenters. The molecule has 4 rings (SSSR count). The highest BCUT2D eigenvalue weighted by atomic mass is 35.5. The number of nitrogens with one attached hydrogen (secondary N) is 1. The zero-order valence-electron chi connectivity index (χ0n) is 24.5. The second kappa shape index (κ2) is 13.9. The molecule has 0 spiro atoms. The van der Waals surface area contributed by atoms with E-state index < -0.39 is 45.4 Å². The molecule has 0 aliphatic carbocycles. The average Bonchev–Trinajstić information content (AvgIpc) is 3.28. The third-order valence-electron chi connectivity index (χ3n) is 6.75. The number of alkyl halides is 3. The van der Waals surface area contributed by atoms with E-state index in [1.54, 1.807) is 6.92 Å². The molecule has 13 nitrogen and oxygen atoms in total. The lowest BCUT2D eigenvalue weighted by Gasteiger charge is -2.21. The number of aromatic nitrogens is 1. The number of aromatic carboxylic acids is 2. The van der Waals surface area contributed by atoms with Crippen molar-refractivity contribution in [3.8, 4) is 11.5 Å². The molecule has 1 aromatic heterocycles. The van der Waals surface area contributed by atoms with E-state index in [0.717, 1.165) is 30.3 Å². The van der Waals surface area contributed by atoms with E-state index in [-0.39, 0.29) is 52.0 Å². The van der Waals surface area contributed by atoms with Gasteiger partial charge >= 0.3 is 18.1 Å². The quantitative estimate of drug-likeness (QED) is 0.181. The summed E-state index contributed by atoms with van der Waals surface area (Å²) in [6.45, 7) is 5.76. The van der Waals surface area contributed by atoms with E-state index in [1.807, 2.05) is 13.8 Å². The van der Waals surface area contributed by atoms with Crippen molar-refractivity contribution in [3.63, 3.8) is 0 Å². The number of ether oxygens (including phenoxy) is 2. The van der Waals surface area contributed by atoms with Crippen LogP contribution in [-0.2, 0) is 22.3 Å². The molecule has 0 fully saturated rings. The Morgan fingerprint density at radius 1 is 1.11 bits per heavy atom. The fourth-order valence-corrected chi connectivity index (χ4v) is 4.17. The van der Waals surface area contributed by atoms with Gasteiger partial charge in [0.2, 0.25) is 0 Å². The molecule has 0 saturated carbocycles. The standard InChI is InChI=1S/C15H19N3O4.C14H7ClF3NO5/c1-8(2)15(3)14(21)17-12(18-15)11-10(13(19)20)5-9(6-16-11)7-22-4;15-10-5-7(14(16,17)18)1-4-12(10)24-8-2-3-11(19(22)23)9(6-8)13(20)21/h5-6,8H,7H2,1-4H3,(H,19,20)(H,17,18,21);1-6H,(H,20,21). The van der Waals surface area contributed by atoms with Gasteiger partial charge in [-0.1, -0.05) is 25.4 Å². The van der Waals surface area contributed by atoms with Crippen LogP contribution in [0.1, 0.15) is 58.3 Å². The molecule has 244 valence electrons. The highest BCUT2D eigenvalue weighted by Crippen LogP contribution is 2.37. The van der Waals surface area contributed by atoms with E-state index >= 15 is 0 Å². The van der Waals surface area contributed by atoms with Crippen molar-refractivity contribution in [2.75, 3.05) is 7.11 Å². The van der Waals surface area contributed by atoms with Gasteiger partial charge in [-0.15, -0.1) is 0 Å². The SMILES string of the molecule is COCc1cnc(C2=NC(C)(C(C)C)C(=O)N2)c(C(=O)O)c1.O=C(O)c1cc(Oc2ccc(C(F)(F)F)cc2Cl)ccc1[N+](=O)[O-]. The van der Waals surface area contributed by atoms with Gasteiger partial charge in [-0.3, -0.25) is 19.9 Å². The number of pyridine rings is 1. The van der Waals surface area contributed by atoms with E-state index in [2.05, 4.69) is 15.3 Å². The first-order valence-electron chi connectivity index (χ1n) is 13.1. The Morgan fingerprint density at radius 3 is 2.26 bits per heavy atom. The van der Waals surface area contributed by atoms with Crippen LogP contribution in [0.5, 0.6) is 11.5 Å². The number of carbonyl (C=O) groups is 3. The molecule has 0 saturated heterocycles. The Hall–Kier alpha value is -5.09. The minimum Gasteiger partial charge on any atom is -0.478 e. The van der Waals surface area contributed by atoms with Gasteiger partial charge in [0.1, 0.15) is 28.3 Å². The number of hydrogen-bond acceptors (Lipinski definition) is 9. The molecular weight excluding hydrogens is 641 g/mol. The fourth-order valence-electron chi connectivity index (χ4n) is 3.95. The monoisotopic (exact) mass is 666 g/mol. The number of nitrogens with zero attached hydrogens (tertiary/aromatic N) is 3. The van der Waals surface area contributed by atoms with Crippen LogP contribution < -0.4 is 10.1 Å². The molecular formula is C29H26ClF3N4O9. The molecule has 17 heteroatoms. The summed E-state index contributed by atoms with van der Waals surface area (Å²) in [6.07, 6.45) is -3.06. The van der Waals surface area contributed by atoms with Crippen molar-refractivity contribution in [2.45, 2.75) is 39.1 Å². The van der Waals surface area contributed by atoms with E-state index in [4.69, 9.17) is 26.2 Å². The molecule has 0 bridgehead atoms. The molecule has 1 aliphatic heterocycles. The number of aliphatic imine (C=N–C) groups is 1. The minimum atomic E-state index is -4.58. The van der Waals surface area contributed by atoms with Crippen molar-refractivity contribution in [1.29, 1.82) is 0 Å². The Labute approximate surface area is 263 Å². The molecule has 0 radical (unpaired) electrons. The number of carboxylic acid groups (broad SMARTS) is 2. The Balaban J connectivity index is 0.000000251. The van der Waals surface area contributed by atoms with Crippen molar-refractivity contribution in [1.82, 2.24) is 10.3 Å². The van der Waals surface area contributed by atoms with Crippen LogP contribution in [0.15, 0.2) is 53.7 Å². The number of carboxylic acids is 2. The van der Waals surface area contributed by atoms with Crippen molar-refractivity contribution in [2.24, 2.45) is 10.9 Å². The molecule has 46 heavy (non-hydrogen) atoms. The lowest BCUT2D eigenvalue weighted by molar-refractivity contribution is -0.385. The number of amidine groups is 1. The van der Waals surface area contributed by atoms with Crippen LogP contribution in [0.25, 0.3) is 0 Å². The zero-order valence-corrected chi connectivity index (χ0v) is 25.3. The first kappa shape index (κ1) is 35.4. The van der Waals surface area contributed by atoms with Crippen LogP contribution in [0.2, 0.25) is 5.02 Å². The highest BCUT2D eigenvalue weighted by Gasteiger charge is 2.43. The lowest BCUT2D eigenvalue weighted by atomic mass is 9.89. The topological polar surface area (TPSA) is 191 Å². The van der Waals surface area contributed by atoms with E-state index in [9.17, 15) is 42.8 Å². The van der Waals surface area contributed by atoms with Crippen LogP contribution in [0, 0.1) is 16.0 Å². The summed E-state index contributed by atoms with van der Waals surface area (Å²) in [6, 6.07) is 6.75. The largest absolute Gasteiger partial charge is 0.478 e. The van der Waals surface area contributed by atoms with Crippen LogP contribution in [-0.4, -0.2) is 56.5 Å². The van der Waals surface area contributed by atoms with Crippen molar-refractivity contribution in [3.05, 3.63) is 91.7 Å². The number of rotatable bonds is 9. The summed E-state index contributed by atoms with van der Waals surface area (Å²) in [5, 5.41) is 31.4. The molecule has 1 aliphatic rings. The lowest BCUT2D eigenvalue weighted by Crippen LogP contribution is -2.41. The van der Waals surface area contributed by atoms with Gasteiger partial charge in [-0.25, -0.2) is 14.6 Å². The highest BCUT2D eigenvalue weighted by molar-refractivity contribution is 6.32. The predicted octanol–water partition coefficient (Wildman–Crippen LogP) is 5.97. The number of benzene rings is 2. The zero-order chi connectivity index (χ0) is 34.6. The Kier molecular flexibility index (Phi) is 10.7. The number of methoxy groups -OCH3 is 1. The Bertz CT molecular complexity index is 1730. The summed E-state index contributed by atoms with van der Waals surface area (Å²) in [5.74, 6) is -3.04. The second-order valence-electron chi connectivity index (χ2n) is 10.2. The van der Waals surface area contributed by atoms with Crippen LogP contribution in [0.3, 0.4) is 0 Å². The molecule has 3 N–H and O–H groups in total. The maximum atomic E-state index is 12.6. The summed E-state index contributed by atoms with van der Waals surface area (Å²) in [7, 11) is 1.52. The van der Waals surface area contributed by atoms with Crippen LogP contribution in [0.4, 0.5) is 18.9 Å².